The minimum atomic E-state index is 0.0691. The Morgan fingerprint density at radius 1 is 0.925 bits per heavy atom. The van der Waals surface area contributed by atoms with Gasteiger partial charge in [0.25, 0.3) is 0 Å². The number of fused-ring (bicyclic) bond motifs is 3. The first-order chi connectivity index (χ1) is 19.6. The number of piperidine rings is 1. The number of hydrogen-bond donors (Lipinski definition) is 1. The monoisotopic (exact) mass is 569 g/mol. The lowest BCUT2D eigenvalue weighted by Crippen LogP contribution is -2.44. The Labute approximate surface area is 243 Å². The van der Waals surface area contributed by atoms with E-state index in [4.69, 9.17) is 43.0 Å². The van der Waals surface area contributed by atoms with E-state index in [0.717, 1.165) is 78.2 Å². The Morgan fingerprint density at radius 2 is 1.73 bits per heavy atom. The van der Waals surface area contributed by atoms with Crippen LogP contribution in [-0.2, 0) is 11.8 Å². The second-order valence-corrected chi connectivity index (χ2v) is 11.6. The minimum Gasteiger partial charge on any atom is -0.496 e. The summed E-state index contributed by atoms with van der Waals surface area (Å²) in [7, 11) is 1.76. The maximum atomic E-state index is 6.71. The van der Waals surface area contributed by atoms with E-state index in [1.165, 1.54) is 11.1 Å². The Bertz CT molecular complexity index is 1710. The van der Waals surface area contributed by atoms with Gasteiger partial charge >= 0.3 is 0 Å². The lowest BCUT2D eigenvalue weighted by atomic mass is 9.61. The minimum absolute atomic E-state index is 0.0691. The molecule has 6 nitrogen and oxygen atoms in total. The standard InChI is InChI=1S/C32H29Cl2N5O/c1-40-27-8-4-5-24-23(27)17-21(18-32(24)13-15-35-16-14-32)28-29-30(37-19-36-28)31(20-9-11-22(33)12-10-20)39(38-29)26-7-3-2-6-25(26)34/h2-12,19,21,35H,13-18H2,1H3. The van der Waals surface area contributed by atoms with Crippen molar-refractivity contribution in [3.63, 3.8) is 0 Å². The van der Waals surface area contributed by atoms with E-state index in [2.05, 4.69) is 23.5 Å². The van der Waals surface area contributed by atoms with E-state index < -0.39 is 0 Å². The zero-order valence-electron chi connectivity index (χ0n) is 22.2. The van der Waals surface area contributed by atoms with Crippen molar-refractivity contribution in [1.82, 2.24) is 25.1 Å². The Morgan fingerprint density at radius 3 is 2.50 bits per heavy atom. The maximum absolute atomic E-state index is 6.71. The molecule has 2 aromatic heterocycles. The molecule has 1 fully saturated rings. The number of ether oxygens (including phenoxy) is 1. The predicted octanol–water partition coefficient (Wildman–Crippen LogP) is 7.15. The number of hydrogen-bond acceptors (Lipinski definition) is 5. The molecule has 1 atom stereocenters. The van der Waals surface area contributed by atoms with Crippen LogP contribution < -0.4 is 10.1 Å². The second-order valence-electron chi connectivity index (χ2n) is 10.8. The first kappa shape index (κ1) is 25.5. The van der Waals surface area contributed by atoms with Crippen molar-refractivity contribution in [2.75, 3.05) is 20.2 Å². The van der Waals surface area contributed by atoms with Gasteiger partial charge in [0.05, 0.1) is 23.5 Å². The van der Waals surface area contributed by atoms with E-state index in [0.29, 0.717) is 10.0 Å². The van der Waals surface area contributed by atoms with E-state index in [1.54, 1.807) is 13.4 Å². The lowest BCUT2D eigenvalue weighted by Gasteiger charge is -2.45. The number of para-hydroxylation sites is 1. The van der Waals surface area contributed by atoms with Crippen molar-refractivity contribution in [3.8, 4) is 22.7 Å². The Kier molecular flexibility index (Phi) is 6.50. The molecule has 3 heterocycles. The molecule has 1 saturated heterocycles. The summed E-state index contributed by atoms with van der Waals surface area (Å²) in [6, 6.07) is 22.0. The first-order valence-electron chi connectivity index (χ1n) is 13.7. The van der Waals surface area contributed by atoms with Gasteiger partial charge in [-0.1, -0.05) is 59.6 Å². The van der Waals surface area contributed by atoms with Crippen LogP contribution in [0.5, 0.6) is 5.75 Å². The van der Waals surface area contributed by atoms with E-state index in [9.17, 15) is 0 Å². The molecular weight excluding hydrogens is 541 g/mol. The van der Waals surface area contributed by atoms with Crippen molar-refractivity contribution in [2.45, 2.75) is 37.0 Å². The molecule has 8 heteroatoms. The van der Waals surface area contributed by atoms with E-state index in [1.807, 2.05) is 53.2 Å². The molecule has 0 amide bonds. The van der Waals surface area contributed by atoms with Gasteiger partial charge in [0.2, 0.25) is 0 Å². The zero-order chi connectivity index (χ0) is 27.3. The quantitative estimate of drug-likeness (QED) is 0.249. The van der Waals surface area contributed by atoms with Crippen molar-refractivity contribution < 1.29 is 4.74 Å². The Balaban J connectivity index is 1.44. The van der Waals surface area contributed by atoms with Crippen LogP contribution in [0.15, 0.2) is 73.1 Å². The summed E-state index contributed by atoms with van der Waals surface area (Å²) in [6.45, 7) is 2.01. The molecule has 1 spiro atoms. The average molecular weight is 571 g/mol. The smallest absolute Gasteiger partial charge is 0.134 e. The number of nitrogens with zero attached hydrogens (tertiary/aromatic N) is 4. The highest BCUT2D eigenvalue weighted by atomic mass is 35.5. The highest BCUT2D eigenvalue weighted by Gasteiger charge is 2.43. The van der Waals surface area contributed by atoms with Gasteiger partial charge < -0.3 is 10.1 Å². The maximum Gasteiger partial charge on any atom is 0.134 e. The SMILES string of the molecule is COc1cccc2c1CC(c1ncnc3c(-c4ccc(Cl)cc4)n(-c4ccccc4Cl)nc13)CC21CCNCC1. The van der Waals surface area contributed by atoms with Crippen LogP contribution in [0, 0.1) is 0 Å². The first-order valence-corrected chi connectivity index (χ1v) is 14.4. The summed E-state index contributed by atoms with van der Waals surface area (Å²) in [5, 5.41) is 10.0. The number of aromatic nitrogens is 4. The van der Waals surface area contributed by atoms with Crippen LogP contribution in [0.3, 0.4) is 0 Å². The molecule has 0 bridgehead atoms. The molecular formula is C32H29Cl2N5O. The van der Waals surface area contributed by atoms with Gasteiger partial charge in [-0.25, -0.2) is 14.6 Å². The molecule has 0 radical (unpaired) electrons. The fourth-order valence-electron chi connectivity index (χ4n) is 6.81. The molecule has 1 N–H and O–H groups in total. The number of halogens is 2. The third kappa shape index (κ3) is 4.17. The van der Waals surface area contributed by atoms with Crippen molar-refractivity contribution in [2.24, 2.45) is 0 Å². The second kappa shape index (κ2) is 10.2. The molecule has 202 valence electrons. The van der Waals surface area contributed by atoms with Crippen LogP contribution in [0.2, 0.25) is 10.0 Å². The fourth-order valence-corrected chi connectivity index (χ4v) is 7.16. The topological polar surface area (TPSA) is 64.9 Å². The summed E-state index contributed by atoms with van der Waals surface area (Å²) in [5.41, 5.74) is 7.99. The summed E-state index contributed by atoms with van der Waals surface area (Å²) in [6.07, 6.45) is 5.71. The van der Waals surface area contributed by atoms with Crippen molar-refractivity contribution in [3.05, 3.63) is 99.9 Å². The third-order valence-electron chi connectivity index (χ3n) is 8.64. The summed E-state index contributed by atoms with van der Waals surface area (Å²) in [4.78, 5) is 9.71. The zero-order valence-corrected chi connectivity index (χ0v) is 23.7. The number of rotatable bonds is 4. The summed E-state index contributed by atoms with van der Waals surface area (Å²) in [5.74, 6) is 1.12. The summed E-state index contributed by atoms with van der Waals surface area (Å²) >= 11 is 13.0. The van der Waals surface area contributed by atoms with Crippen LogP contribution in [0.25, 0.3) is 28.0 Å². The number of methoxy groups -OCH3 is 1. The molecule has 1 aliphatic heterocycles. The van der Waals surface area contributed by atoms with Gasteiger partial charge in [-0.15, -0.1) is 0 Å². The molecule has 0 saturated carbocycles. The highest BCUT2D eigenvalue weighted by molar-refractivity contribution is 6.32. The lowest BCUT2D eigenvalue weighted by molar-refractivity contribution is 0.247. The average Bonchev–Trinajstić information content (AvgIpc) is 3.37. The third-order valence-corrected chi connectivity index (χ3v) is 9.22. The molecule has 5 aromatic rings. The van der Waals surface area contributed by atoms with Crippen LogP contribution in [0.4, 0.5) is 0 Å². The van der Waals surface area contributed by atoms with Gasteiger partial charge in [-0.2, -0.15) is 5.10 Å². The summed E-state index contributed by atoms with van der Waals surface area (Å²) < 4.78 is 7.80. The van der Waals surface area contributed by atoms with Gasteiger partial charge in [0.1, 0.15) is 28.8 Å². The highest BCUT2D eigenvalue weighted by Crippen LogP contribution is 2.51. The largest absolute Gasteiger partial charge is 0.496 e. The van der Waals surface area contributed by atoms with Gasteiger partial charge in [0, 0.05) is 16.5 Å². The fraction of sp³-hybridized carbons (Fsp3) is 0.281. The number of nitrogens with one attached hydrogen (secondary N) is 1. The predicted molar refractivity (Wildman–Crippen MR) is 160 cm³/mol. The molecule has 1 unspecified atom stereocenters. The van der Waals surface area contributed by atoms with Gasteiger partial charge in [-0.3, -0.25) is 0 Å². The molecule has 3 aromatic carbocycles. The van der Waals surface area contributed by atoms with Crippen LogP contribution in [0.1, 0.15) is 42.0 Å². The van der Waals surface area contributed by atoms with Crippen LogP contribution >= 0.6 is 23.2 Å². The van der Waals surface area contributed by atoms with Crippen molar-refractivity contribution in [1.29, 1.82) is 0 Å². The number of benzene rings is 3. The van der Waals surface area contributed by atoms with Crippen LogP contribution in [-0.4, -0.2) is 39.9 Å². The Hall–Kier alpha value is -3.45. The molecule has 1 aliphatic carbocycles. The molecule has 7 rings (SSSR count). The van der Waals surface area contributed by atoms with Crippen molar-refractivity contribution >= 4 is 34.2 Å². The van der Waals surface area contributed by atoms with E-state index in [-0.39, 0.29) is 11.3 Å². The van der Waals surface area contributed by atoms with Gasteiger partial charge in [-0.05, 0) is 85.6 Å². The molecule has 2 aliphatic rings. The van der Waals surface area contributed by atoms with E-state index >= 15 is 0 Å². The van der Waals surface area contributed by atoms with Gasteiger partial charge in [0.15, 0.2) is 0 Å². The molecule has 40 heavy (non-hydrogen) atoms. The normalized spacial score (nSPS) is 18.1.